The lowest BCUT2D eigenvalue weighted by Crippen LogP contribution is -2.28. The summed E-state index contributed by atoms with van der Waals surface area (Å²) in [5.74, 6) is 0.227. The van der Waals surface area contributed by atoms with Crippen LogP contribution in [0.5, 0.6) is 0 Å². The molecule has 0 bridgehead atoms. The van der Waals surface area contributed by atoms with Gasteiger partial charge in [-0.2, -0.15) is 5.10 Å². The Morgan fingerprint density at radius 2 is 2.18 bits per heavy atom. The molecule has 1 amide bonds. The van der Waals surface area contributed by atoms with Gasteiger partial charge >= 0.3 is 0 Å². The van der Waals surface area contributed by atoms with Crippen LogP contribution in [0.25, 0.3) is 0 Å². The van der Waals surface area contributed by atoms with Crippen molar-refractivity contribution in [2.24, 2.45) is 5.10 Å². The first-order valence-corrected chi connectivity index (χ1v) is 11.5. The lowest BCUT2D eigenvalue weighted by atomic mass is 10.1. The van der Waals surface area contributed by atoms with E-state index in [4.69, 9.17) is 4.74 Å². The third-order valence-corrected chi connectivity index (χ3v) is 7.14. The van der Waals surface area contributed by atoms with Gasteiger partial charge in [0.25, 0.3) is 5.91 Å². The minimum atomic E-state index is -0.0449. The van der Waals surface area contributed by atoms with Crippen molar-refractivity contribution in [1.29, 1.82) is 0 Å². The van der Waals surface area contributed by atoms with E-state index < -0.39 is 0 Å². The highest BCUT2D eigenvalue weighted by molar-refractivity contribution is 7.99. The largest absolute Gasteiger partial charge is 0.383 e. The first-order chi connectivity index (χ1) is 13.8. The number of carbonyl (C=O) groups is 1. The van der Waals surface area contributed by atoms with Crippen LogP contribution in [0.3, 0.4) is 0 Å². The Bertz CT molecular complexity index is 937. The van der Waals surface area contributed by atoms with Gasteiger partial charge in [-0.25, -0.2) is 5.01 Å². The highest BCUT2D eigenvalue weighted by Gasteiger charge is 2.34. The van der Waals surface area contributed by atoms with Gasteiger partial charge < -0.3 is 9.30 Å². The number of thioether (sulfide) groups is 1. The minimum Gasteiger partial charge on any atom is -0.383 e. The number of rotatable bonds is 8. The molecular formula is C18H19N5O2S3. The molecule has 1 atom stereocenters. The second-order valence-corrected chi connectivity index (χ2v) is 8.96. The van der Waals surface area contributed by atoms with Crippen LogP contribution in [0, 0.1) is 0 Å². The molecule has 3 aromatic heterocycles. The van der Waals surface area contributed by atoms with Gasteiger partial charge in [0.1, 0.15) is 6.33 Å². The molecule has 0 aliphatic carbocycles. The molecule has 0 spiro atoms. The number of hydrogen-bond acceptors (Lipinski definition) is 8. The number of carbonyl (C=O) groups excluding carboxylic acids is 1. The van der Waals surface area contributed by atoms with Crippen LogP contribution in [-0.2, 0) is 16.1 Å². The minimum absolute atomic E-state index is 0.0313. The monoisotopic (exact) mass is 433 g/mol. The van der Waals surface area contributed by atoms with Gasteiger partial charge in [0, 0.05) is 25.0 Å². The normalized spacial score (nSPS) is 16.5. The Hall–Kier alpha value is -2.01. The van der Waals surface area contributed by atoms with Gasteiger partial charge in [-0.3, -0.25) is 4.79 Å². The predicted octanol–water partition coefficient (Wildman–Crippen LogP) is 3.52. The Kier molecular flexibility index (Phi) is 6.20. The average molecular weight is 434 g/mol. The van der Waals surface area contributed by atoms with Crippen LogP contribution in [0.2, 0.25) is 0 Å². The summed E-state index contributed by atoms with van der Waals surface area (Å²) >= 11 is 4.68. The highest BCUT2D eigenvalue weighted by Crippen LogP contribution is 2.36. The van der Waals surface area contributed by atoms with Crippen LogP contribution in [0.15, 0.2) is 51.6 Å². The zero-order valence-electron chi connectivity index (χ0n) is 15.2. The molecule has 4 rings (SSSR count). The molecule has 7 nitrogen and oxygen atoms in total. The maximum atomic E-state index is 13.0. The number of amides is 1. The third-order valence-electron chi connectivity index (χ3n) is 4.28. The van der Waals surface area contributed by atoms with E-state index in [0.29, 0.717) is 18.3 Å². The third kappa shape index (κ3) is 4.19. The van der Waals surface area contributed by atoms with Gasteiger partial charge in [-0.1, -0.05) is 23.9 Å². The van der Waals surface area contributed by atoms with Crippen molar-refractivity contribution >= 4 is 46.1 Å². The standard InChI is InChI=1S/C18H19N5O2S3/c1-25-7-6-22-12-19-20-18(22)28-11-17(24)23-14(16-5-3-9-27-16)10-13(21-23)15-4-2-8-26-15/h2-5,8-9,12,14H,6-7,10-11H2,1H3. The fourth-order valence-corrected chi connectivity index (χ4v) is 5.25. The smallest absolute Gasteiger partial charge is 0.253 e. The fourth-order valence-electron chi connectivity index (χ4n) is 2.93. The zero-order chi connectivity index (χ0) is 19.3. The first kappa shape index (κ1) is 19.3. The Morgan fingerprint density at radius 1 is 1.32 bits per heavy atom. The van der Waals surface area contributed by atoms with Crippen molar-refractivity contribution in [3.63, 3.8) is 0 Å². The Balaban J connectivity index is 1.48. The van der Waals surface area contributed by atoms with Crippen LogP contribution in [-0.4, -0.2) is 50.9 Å². The van der Waals surface area contributed by atoms with Crippen LogP contribution in [0.1, 0.15) is 22.2 Å². The molecule has 0 saturated carbocycles. The van der Waals surface area contributed by atoms with Crippen molar-refractivity contribution in [3.8, 4) is 0 Å². The topological polar surface area (TPSA) is 72.6 Å². The van der Waals surface area contributed by atoms with Crippen LogP contribution in [0.4, 0.5) is 0 Å². The van der Waals surface area contributed by atoms with Gasteiger partial charge in [0.15, 0.2) is 5.16 Å². The van der Waals surface area contributed by atoms with Crippen molar-refractivity contribution < 1.29 is 9.53 Å². The number of thiophene rings is 2. The summed E-state index contributed by atoms with van der Waals surface area (Å²) in [6.07, 6.45) is 2.39. The second kappa shape index (κ2) is 8.99. The molecule has 0 fully saturated rings. The lowest BCUT2D eigenvalue weighted by molar-refractivity contribution is -0.130. The molecule has 4 heterocycles. The van der Waals surface area contributed by atoms with E-state index in [1.807, 2.05) is 27.5 Å². The molecule has 0 radical (unpaired) electrons. The van der Waals surface area contributed by atoms with Crippen LogP contribution < -0.4 is 0 Å². The maximum Gasteiger partial charge on any atom is 0.253 e. The van der Waals surface area contributed by atoms with Crippen molar-refractivity contribution in [2.75, 3.05) is 19.5 Å². The number of nitrogens with zero attached hydrogens (tertiary/aromatic N) is 5. The number of methoxy groups -OCH3 is 1. The molecule has 1 aliphatic heterocycles. The highest BCUT2D eigenvalue weighted by atomic mass is 32.2. The van der Waals surface area contributed by atoms with E-state index in [9.17, 15) is 4.79 Å². The van der Waals surface area contributed by atoms with E-state index in [1.165, 1.54) is 11.8 Å². The summed E-state index contributed by atoms with van der Waals surface area (Å²) < 4.78 is 6.99. The molecule has 1 unspecified atom stereocenters. The maximum absolute atomic E-state index is 13.0. The summed E-state index contributed by atoms with van der Waals surface area (Å²) in [7, 11) is 1.65. The Labute approximate surface area is 175 Å². The van der Waals surface area contributed by atoms with Crippen molar-refractivity contribution in [1.82, 2.24) is 19.8 Å². The fraction of sp³-hybridized carbons (Fsp3) is 0.333. The van der Waals surface area contributed by atoms with Crippen molar-refractivity contribution in [2.45, 2.75) is 24.2 Å². The van der Waals surface area contributed by atoms with Gasteiger partial charge in [-0.05, 0) is 22.9 Å². The molecule has 0 aromatic carbocycles. The zero-order valence-corrected chi connectivity index (χ0v) is 17.7. The van der Waals surface area contributed by atoms with Gasteiger partial charge in [0.2, 0.25) is 0 Å². The molecule has 10 heteroatoms. The first-order valence-electron chi connectivity index (χ1n) is 8.72. The average Bonchev–Trinajstić information content (AvgIpc) is 3.48. The predicted molar refractivity (Wildman–Crippen MR) is 112 cm³/mol. The molecular weight excluding hydrogens is 414 g/mol. The summed E-state index contributed by atoms with van der Waals surface area (Å²) in [6.45, 7) is 1.23. The summed E-state index contributed by atoms with van der Waals surface area (Å²) in [5, 5.41) is 19.1. The van der Waals surface area contributed by atoms with Gasteiger partial charge in [-0.15, -0.1) is 32.9 Å². The lowest BCUT2D eigenvalue weighted by Gasteiger charge is -2.20. The van der Waals surface area contributed by atoms with E-state index in [0.717, 1.165) is 21.9 Å². The molecule has 1 aliphatic rings. The molecule has 0 N–H and O–H groups in total. The number of hydrazone groups is 1. The quantitative estimate of drug-likeness (QED) is 0.508. The second-order valence-electron chi connectivity index (χ2n) is 6.09. The van der Waals surface area contributed by atoms with E-state index in [-0.39, 0.29) is 17.7 Å². The number of ether oxygens (including phenoxy) is 1. The Morgan fingerprint density at radius 3 is 2.93 bits per heavy atom. The van der Waals surface area contributed by atoms with Crippen LogP contribution >= 0.6 is 34.4 Å². The van der Waals surface area contributed by atoms with E-state index in [2.05, 4.69) is 27.4 Å². The van der Waals surface area contributed by atoms with Crippen molar-refractivity contribution in [3.05, 3.63) is 51.1 Å². The van der Waals surface area contributed by atoms with E-state index in [1.54, 1.807) is 41.1 Å². The number of aromatic nitrogens is 3. The van der Waals surface area contributed by atoms with Gasteiger partial charge in [0.05, 0.1) is 29.0 Å². The molecule has 0 saturated heterocycles. The summed E-state index contributed by atoms with van der Waals surface area (Å²) in [6, 6.07) is 8.10. The summed E-state index contributed by atoms with van der Waals surface area (Å²) in [5.41, 5.74) is 0.968. The summed E-state index contributed by atoms with van der Waals surface area (Å²) in [4.78, 5) is 15.3. The molecule has 146 valence electrons. The molecule has 28 heavy (non-hydrogen) atoms. The molecule has 3 aromatic rings. The SMILES string of the molecule is COCCn1cnnc1SCC(=O)N1N=C(c2cccs2)CC1c1cccs1. The van der Waals surface area contributed by atoms with E-state index >= 15 is 0 Å². The number of hydrogen-bond donors (Lipinski definition) is 0.